The SMILES string of the molecule is FC(F)(F)c1cnc(N2CCN(CCCC3OCCO3)CC2)nc1. The van der Waals surface area contributed by atoms with Crippen LogP contribution in [0.15, 0.2) is 12.4 Å². The minimum atomic E-state index is -4.40. The summed E-state index contributed by atoms with van der Waals surface area (Å²) in [5, 5.41) is 0. The zero-order chi connectivity index (χ0) is 17.0. The summed E-state index contributed by atoms with van der Waals surface area (Å²) >= 11 is 0. The van der Waals surface area contributed by atoms with Crippen LogP contribution in [0.4, 0.5) is 19.1 Å². The fourth-order valence-electron chi connectivity index (χ4n) is 2.86. The molecule has 0 saturated carbocycles. The Labute approximate surface area is 138 Å². The van der Waals surface area contributed by atoms with Crippen LogP contribution in [-0.4, -0.2) is 67.1 Å². The number of hydrogen-bond acceptors (Lipinski definition) is 6. The second-order valence-electron chi connectivity index (χ2n) is 5.91. The molecule has 0 bridgehead atoms. The Balaban J connectivity index is 1.41. The van der Waals surface area contributed by atoms with E-state index in [0.717, 1.165) is 44.9 Å². The van der Waals surface area contributed by atoms with Gasteiger partial charge in [-0.05, 0) is 19.4 Å². The number of halogens is 3. The summed E-state index contributed by atoms with van der Waals surface area (Å²) in [7, 11) is 0. The van der Waals surface area contributed by atoms with Crippen molar-refractivity contribution in [1.29, 1.82) is 0 Å². The van der Waals surface area contributed by atoms with Crippen LogP contribution in [0.25, 0.3) is 0 Å². The first-order valence-electron chi connectivity index (χ1n) is 8.12. The third kappa shape index (κ3) is 4.55. The molecule has 9 heteroatoms. The molecule has 2 aliphatic rings. The summed E-state index contributed by atoms with van der Waals surface area (Å²) in [4.78, 5) is 11.9. The highest BCUT2D eigenvalue weighted by molar-refractivity contribution is 5.31. The van der Waals surface area contributed by atoms with E-state index < -0.39 is 11.7 Å². The van der Waals surface area contributed by atoms with Crippen molar-refractivity contribution in [1.82, 2.24) is 14.9 Å². The lowest BCUT2D eigenvalue weighted by Crippen LogP contribution is -2.47. The Hall–Kier alpha value is -1.45. The molecule has 6 nitrogen and oxygen atoms in total. The molecule has 3 heterocycles. The van der Waals surface area contributed by atoms with Crippen LogP contribution in [0.3, 0.4) is 0 Å². The summed E-state index contributed by atoms with van der Waals surface area (Å²) in [5.41, 5.74) is -0.818. The van der Waals surface area contributed by atoms with Gasteiger partial charge in [-0.3, -0.25) is 4.90 Å². The highest BCUT2D eigenvalue weighted by Gasteiger charge is 2.31. The smallest absolute Gasteiger partial charge is 0.350 e. The van der Waals surface area contributed by atoms with E-state index in [9.17, 15) is 13.2 Å². The predicted octanol–water partition coefficient (Wildman–Crippen LogP) is 1.77. The monoisotopic (exact) mass is 346 g/mol. The predicted molar refractivity (Wildman–Crippen MR) is 80.6 cm³/mol. The fraction of sp³-hybridized carbons (Fsp3) is 0.733. The second kappa shape index (κ2) is 7.62. The van der Waals surface area contributed by atoms with Gasteiger partial charge in [-0.2, -0.15) is 13.2 Å². The van der Waals surface area contributed by atoms with Crippen LogP contribution >= 0.6 is 0 Å². The molecule has 0 amide bonds. The molecule has 3 rings (SSSR count). The van der Waals surface area contributed by atoms with Crippen molar-refractivity contribution in [3.8, 4) is 0 Å². The molecule has 0 aromatic carbocycles. The van der Waals surface area contributed by atoms with Gasteiger partial charge in [0.05, 0.1) is 18.8 Å². The minimum Gasteiger partial charge on any atom is -0.350 e. The van der Waals surface area contributed by atoms with Crippen LogP contribution in [0, 0.1) is 0 Å². The van der Waals surface area contributed by atoms with Gasteiger partial charge in [0.25, 0.3) is 0 Å². The molecule has 0 radical (unpaired) electrons. The molecule has 0 N–H and O–H groups in total. The molecule has 2 aliphatic heterocycles. The topological polar surface area (TPSA) is 50.7 Å². The average Bonchev–Trinajstić information content (AvgIpc) is 3.08. The van der Waals surface area contributed by atoms with Gasteiger partial charge in [-0.25, -0.2) is 9.97 Å². The molecule has 0 aliphatic carbocycles. The number of alkyl halides is 3. The molecular formula is C15H21F3N4O2. The lowest BCUT2D eigenvalue weighted by Gasteiger charge is -2.34. The maximum atomic E-state index is 12.5. The molecule has 1 aromatic rings. The van der Waals surface area contributed by atoms with E-state index >= 15 is 0 Å². The van der Waals surface area contributed by atoms with E-state index in [1.807, 2.05) is 4.90 Å². The van der Waals surface area contributed by atoms with Crippen molar-refractivity contribution in [2.24, 2.45) is 0 Å². The normalized spacial score (nSPS) is 20.7. The average molecular weight is 346 g/mol. The van der Waals surface area contributed by atoms with Gasteiger partial charge in [0.2, 0.25) is 5.95 Å². The highest BCUT2D eigenvalue weighted by Crippen LogP contribution is 2.28. The number of nitrogens with zero attached hydrogens (tertiary/aromatic N) is 4. The van der Waals surface area contributed by atoms with E-state index in [1.165, 1.54) is 0 Å². The third-order valence-corrected chi connectivity index (χ3v) is 4.23. The summed E-state index contributed by atoms with van der Waals surface area (Å²) in [6.07, 6.45) is -0.882. The van der Waals surface area contributed by atoms with Crippen LogP contribution in [0.5, 0.6) is 0 Å². The summed E-state index contributed by atoms with van der Waals surface area (Å²) in [6.45, 7) is 5.43. The van der Waals surface area contributed by atoms with E-state index in [0.29, 0.717) is 32.3 Å². The molecule has 0 atom stereocenters. The number of hydrogen-bond donors (Lipinski definition) is 0. The van der Waals surface area contributed by atoms with Gasteiger partial charge >= 0.3 is 6.18 Å². The van der Waals surface area contributed by atoms with Crippen molar-refractivity contribution in [3.63, 3.8) is 0 Å². The van der Waals surface area contributed by atoms with E-state index in [4.69, 9.17) is 9.47 Å². The Morgan fingerprint density at radius 3 is 2.25 bits per heavy atom. The summed E-state index contributed by atoms with van der Waals surface area (Å²) < 4.78 is 48.4. The Morgan fingerprint density at radius 2 is 1.67 bits per heavy atom. The number of aromatic nitrogens is 2. The largest absolute Gasteiger partial charge is 0.419 e. The molecule has 2 fully saturated rings. The van der Waals surface area contributed by atoms with Gasteiger partial charge < -0.3 is 14.4 Å². The van der Waals surface area contributed by atoms with Crippen LogP contribution in [0.1, 0.15) is 18.4 Å². The van der Waals surface area contributed by atoms with Crippen molar-refractivity contribution in [2.75, 3.05) is 50.8 Å². The molecule has 0 spiro atoms. The zero-order valence-corrected chi connectivity index (χ0v) is 13.3. The zero-order valence-electron chi connectivity index (χ0n) is 13.3. The first kappa shape index (κ1) is 17.4. The van der Waals surface area contributed by atoms with Crippen molar-refractivity contribution in [2.45, 2.75) is 25.3 Å². The Bertz CT molecular complexity index is 512. The summed E-state index contributed by atoms with van der Waals surface area (Å²) in [5.74, 6) is 0.357. The Morgan fingerprint density at radius 1 is 1.04 bits per heavy atom. The molecular weight excluding hydrogens is 325 g/mol. The lowest BCUT2D eigenvalue weighted by atomic mass is 10.2. The van der Waals surface area contributed by atoms with Gasteiger partial charge in [0, 0.05) is 38.6 Å². The molecule has 1 aromatic heterocycles. The van der Waals surface area contributed by atoms with Crippen LogP contribution < -0.4 is 4.90 Å². The number of ether oxygens (including phenoxy) is 2. The molecule has 2 saturated heterocycles. The highest BCUT2D eigenvalue weighted by atomic mass is 19.4. The van der Waals surface area contributed by atoms with Gasteiger partial charge in [0.15, 0.2) is 6.29 Å². The van der Waals surface area contributed by atoms with Gasteiger partial charge in [-0.15, -0.1) is 0 Å². The Kier molecular flexibility index (Phi) is 5.52. The van der Waals surface area contributed by atoms with Crippen LogP contribution in [0.2, 0.25) is 0 Å². The maximum Gasteiger partial charge on any atom is 0.419 e. The quantitative estimate of drug-likeness (QED) is 0.810. The number of piperazine rings is 1. The van der Waals surface area contributed by atoms with E-state index in [1.54, 1.807) is 0 Å². The lowest BCUT2D eigenvalue weighted by molar-refractivity contribution is -0.138. The third-order valence-electron chi connectivity index (χ3n) is 4.23. The maximum absolute atomic E-state index is 12.5. The standard InChI is InChI=1S/C15H21F3N4O2/c16-15(17,18)12-10-19-14(20-11-12)22-6-4-21(5-7-22)3-1-2-13-23-8-9-24-13/h10-11,13H,1-9H2. The number of anilines is 1. The van der Waals surface area contributed by atoms with Gasteiger partial charge in [0.1, 0.15) is 0 Å². The van der Waals surface area contributed by atoms with Crippen molar-refractivity contribution in [3.05, 3.63) is 18.0 Å². The van der Waals surface area contributed by atoms with E-state index in [2.05, 4.69) is 14.9 Å². The first-order valence-corrected chi connectivity index (χ1v) is 8.12. The van der Waals surface area contributed by atoms with Gasteiger partial charge in [-0.1, -0.05) is 0 Å². The second-order valence-corrected chi connectivity index (χ2v) is 5.91. The fourth-order valence-corrected chi connectivity index (χ4v) is 2.86. The van der Waals surface area contributed by atoms with Crippen molar-refractivity contribution >= 4 is 5.95 Å². The van der Waals surface area contributed by atoms with E-state index in [-0.39, 0.29) is 6.29 Å². The van der Waals surface area contributed by atoms with Crippen LogP contribution in [-0.2, 0) is 15.7 Å². The number of rotatable bonds is 5. The minimum absolute atomic E-state index is 0.0631. The van der Waals surface area contributed by atoms with Crippen molar-refractivity contribution < 1.29 is 22.6 Å². The summed E-state index contributed by atoms with van der Waals surface area (Å²) in [6, 6.07) is 0. The first-order chi connectivity index (χ1) is 11.5. The molecule has 134 valence electrons. The molecule has 0 unspecified atom stereocenters. The molecule has 24 heavy (non-hydrogen) atoms.